The first-order valence-corrected chi connectivity index (χ1v) is 8.84. The zero-order chi connectivity index (χ0) is 17.8. The maximum Gasteiger partial charge on any atom is 0.348 e. The summed E-state index contributed by atoms with van der Waals surface area (Å²) in [5.41, 5.74) is 4.26. The molecule has 0 bridgehead atoms. The summed E-state index contributed by atoms with van der Waals surface area (Å²) < 4.78 is 6.78. The lowest BCUT2D eigenvalue weighted by Crippen LogP contribution is -2.00. The Kier molecular flexibility index (Phi) is 5.14. The Labute approximate surface area is 151 Å². The minimum Gasteiger partial charge on any atom is -0.465 e. The van der Waals surface area contributed by atoms with Crippen molar-refractivity contribution >= 4 is 17.3 Å². The molecule has 25 heavy (non-hydrogen) atoms. The van der Waals surface area contributed by atoms with Crippen molar-refractivity contribution in [2.75, 3.05) is 7.11 Å². The van der Waals surface area contributed by atoms with Crippen molar-refractivity contribution in [2.45, 2.75) is 19.9 Å². The van der Waals surface area contributed by atoms with E-state index in [-0.39, 0.29) is 5.97 Å². The van der Waals surface area contributed by atoms with Gasteiger partial charge in [0, 0.05) is 23.1 Å². The van der Waals surface area contributed by atoms with Gasteiger partial charge in [-0.05, 0) is 24.1 Å². The fourth-order valence-electron chi connectivity index (χ4n) is 2.74. The van der Waals surface area contributed by atoms with Gasteiger partial charge in [-0.25, -0.2) is 4.79 Å². The zero-order valence-electron chi connectivity index (χ0n) is 14.4. The third kappa shape index (κ3) is 3.72. The van der Waals surface area contributed by atoms with Crippen molar-refractivity contribution in [3.63, 3.8) is 0 Å². The number of esters is 1. The summed E-state index contributed by atoms with van der Waals surface area (Å²) >= 11 is 1.44. The van der Waals surface area contributed by atoms with Gasteiger partial charge in [0.05, 0.1) is 19.3 Å². The fourth-order valence-corrected chi connectivity index (χ4v) is 3.86. The quantitative estimate of drug-likeness (QED) is 0.485. The van der Waals surface area contributed by atoms with E-state index >= 15 is 0 Å². The zero-order valence-corrected chi connectivity index (χ0v) is 15.2. The molecule has 0 aliphatic carbocycles. The summed E-state index contributed by atoms with van der Waals surface area (Å²) in [5, 5.41) is 4.72. The van der Waals surface area contributed by atoms with E-state index in [1.807, 2.05) is 48.1 Å². The summed E-state index contributed by atoms with van der Waals surface area (Å²) in [4.78, 5) is 13.5. The number of hydrogen-bond donors (Lipinski definition) is 0. The molecule has 0 N–H and O–H groups in total. The van der Waals surface area contributed by atoms with Gasteiger partial charge in [-0.3, -0.25) is 4.68 Å². The molecule has 0 unspecified atom stereocenters. The molecule has 0 atom stereocenters. The molecule has 0 fully saturated rings. The van der Waals surface area contributed by atoms with Gasteiger partial charge in [-0.15, -0.1) is 17.9 Å². The number of nitrogens with zero attached hydrogens (tertiary/aromatic N) is 2. The van der Waals surface area contributed by atoms with Crippen LogP contribution in [0.5, 0.6) is 0 Å². The van der Waals surface area contributed by atoms with E-state index in [0.29, 0.717) is 17.8 Å². The van der Waals surface area contributed by atoms with Crippen LogP contribution in [-0.4, -0.2) is 22.9 Å². The van der Waals surface area contributed by atoms with Gasteiger partial charge in [0.25, 0.3) is 0 Å². The van der Waals surface area contributed by atoms with Crippen molar-refractivity contribution in [1.29, 1.82) is 0 Å². The number of hydrogen-bond acceptors (Lipinski definition) is 4. The number of allylic oxidation sites excluding steroid dienone is 1. The molecule has 0 saturated heterocycles. The molecule has 0 aliphatic rings. The lowest BCUT2D eigenvalue weighted by atomic mass is 10.1. The fraction of sp³-hybridized carbons (Fsp3) is 0.200. The van der Waals surface area contributed by atoms with Crippen LogP contribution in [0, 0.1) is 6.92 Å². The molecule has 128 valence electrons. The average Bonchev–Trinajstić information content (AvgIpc) is 3.18. The molecule has 3 aromatic rings. The third-order valence-corrected chi connectivity index (χ3v) is 5.16. The van der Waals surface area contributed by atoms with E-state index in [1.165, 1.54) is 24.0 Å². The number of ether oxygens (including phenoxy) is 1. The Morgan fingerprint density at radius 2 is 2.12 bits per heavy atom. The highest BCUT2D eigenvalue weighted by molar-refractivity contribution is 7.17. The summed E-state index contributed by atoms with van der Waals surface area (Å²) in [5.74, 6) is -0.304. The summed E-state index contributed by atoms with van der Waals surface area (Å²) in [7, 11) is 1.40. The van der Waals surface area contributed by atoms with E-state index in [2.05, 4.69) is 18.7 Å². The minimum atomic E-state index is -0.304. The highest BCUT2D eigenvalue weighted by atomic mass is 32.1. The van der Waals surface area contributed by atoms with Gasteiger partial charge in [0.1, 0.15) is 4.88 Å². The molecule has 2 aromatic heterocycles. The smallest absolute Gasteiger partial charge is 0.348 e. The molecule has 5 heteroatoms. The Morgan fingerprint density at radius 1 is 1.36 bits per heavy atom. The Hall–Kier alpha value is -2.66. The molecule has 0 aliphatic heterocycles. The molecular formula is C20H20N2O2S. The monoisotopic (exact) mass is 352 g/mol. The largest absolute Gasteiger partial charge is 0.465 e. The van der Waals surface area contributed by atoms with Gasteiger partial charge >= 0.3 is 5.97 Å². The topological polar surface area (TPSA) is 44.1 Å². The van der Waals surface area contributed by atoms with Crippen LogP contribution >= 0.6 is 11.3 Å². The van der Waals surface area contributed by atoms with Crippen molar-refractivity contribution < 1.29 is 9.53 Å². The van der Waals surface area contributed by atoms with Crippen LogP contribution in [-0.2, 0) is 17.7 Å². The van der Waals surface area contributed by atoms with Crippen LogP contribution in [0.4, 0.5) is 0 Å². The van der Waals surface area contributed by atoms with Crippen LogP contribution < -0.4 is 0 Å². The SMILES string of the molecule is C=CCc1nn(Cc2ccccc2)cc1-c1sc(C(=O)OC)cc1C. The Balaban J connectivity index is 1.99. The molecule has 2 heterocycles. The first kappa shape index (κ1) is 17.2. The molecule has 0 spiro atoms. The van der Waals surface area contributed by atoms with Gasteiger partial charge in [-0.1, -0.05) is 36.4 Å². The first-order chi connectivity index (χ1) is 12.1. The summed E-state index contributed by atoms with van der Waals surface area (Å²) in [6.07, 6.45) is 4.58. The van der Waals surface area contributed by atoms with Crippen LogP contribution in [0.15, 0.2) is 55.3 Å². The number of benzene rings is 1. The number of aromatic nitrogens is 2. The van der Waals surface area contributed by atoms with Crippen molar-refractivity contribution in [2.24, 2.45) is 0 Å². The molecular weight excluding hydrogens is 332 g/mol. The van der Waals surface area contributed by atoms with Gasteiger partial charge in [0.15, 0.2) is 0 Å². The highest BCUT2D eigenvalue weighted by Gasteiger charge is 2.18. The van der Waals surface area contributed by atoms with Gasteiger partial charge < -0.3 is 4.74 Å². The molecule has 4 nitrogen and oxygen atoms in total. The Morgan fingerprint density at radius 3 is 2.80 bits per heavy atom. The number of carbonyl (C=O) groups is 1. The molecule has 3 rings (SSSR count). The molecule has 0 saturated carbocycles. The van der Waals surface area contributed by atoms with Crippen LogP contribution in [0.2, 0.25) is 0 Å². The van der Waals surface area contributed by atoms with E-state index in [4.69, 9.17) is 9.84 Å². The standard InChI is InChI=1S/C20H20N2O2S/c1-4-8-17-16(19-14(2)11-18(25-19)20(23)24-3)13-22(21-17)12-15-9-6-5-7-10-15/h4-7,9-11,13H,1,8,12H2,2-3H3. The van der Waals surface area contributed by atoms with E-state index < -0.39 is 0 Å². The second kappa shape index (κ2) is 7.49. The lowest BCUT2D eigenvalue weighted by Gasteiger charge is -2.00. The van der Waals surface area contributed by atoms with E-state index in [9.17, 15) is 4.79 Å². The number of thiophene rings is 1. The second-order valence-electron chi connectivity index (χ2n) is 5.78. The molecule has 1 aromatic carbocycles. The second-order valence-corrected chi connectivity index (χ2v) is 6.83. The summed E-state index contributed by atoms with van der Waals surface area (Å²) in [6.45, 7) is 6.55. The maximum atomic E-state index is 11.8. The van der Waals surface area contributed by atoms with Crippen molar-refractivity contribution in [3.8, 4) is 10.4 Å². The third-order valence-electron chi connectivity index (χ3n) is 3.91. The average molecular weight is 352 g/mol. The number of carbonyl (C=O) groups excluding carboxylic acids is 1. The highest BCUT2D eigenvalue weighted by Crippen LogP contribution is 2.35. The number of methoxy groups -OCH3 is 1. The van der Waals surface area contributed by atoms with Crippen LogP contribution in [0.1, 0.15) is 26.5 Å². The van der Waals surface area contributed by atoms with E-state index in [1.54, 1.807) is 0 Å². The first-order valence-electron chi connectivity index (χ1n) is 8.02. The van der Waals surface area contributed by atoms with Crippen molar-refractivity contribution in [3.05, 3.63) is 76.9 Å². The van der Waals surface area contributed by atoms with Gasteiger partial charge in [0.2, 0.25) is 0 Å². The number of aryl methyl sites for hydroxylation is 1. The Bertz CT molecular complexity index is 894. The normalized spacial score (nSPS) is 10.6. The number of rotatable bonds is 6. The van der Waals surface area contributed by atoms with Gasteiger partial charge in [-0.2, -0.15) is 5.10 Å². The van der Waals surface area contributed by atoms with Crippen LogP contribution in [0.3, 0.4) is 0 Å². The predicted octanol–water partition coefficient (Wildman–Crippen LogP) is 4.48. The maximum absolute atomic E-state index is 11.8. The molecule has 0 amide bonds. The predicted molar refractivity (Wildman–Crippen MR) is 101 cm³/mol. The summed E-state index contributed by atoms with van der Waals surface area (Å²) in [6, 6.07) is 12.1. The lowest BCUT2D eigenvalue weighted by molar-refractivity contribution is 0.0606. The van der Waals surface area contributed by atoms with Crippen molar-refractivity contribution in [1.82, 2.24) is 9.78 Å². The van der Waals surface area contributed by atoms with E-state index in [0.717, 1.165) is 21.7 Å². The molecule has 0 radical (unpaired) electrons. The van der Waals surface area contributed by atoms with Crippen LogP contribution in [0.25, 0.3) is 10.4 Å². The minimum absolute atomic E-state index is 0.304.